The molecule has 1 N–H and O–H groups in total. The van der Waals surface area contributed by atoms with E-state index >= 15 is 0 Å². The minimum absolute atomic E-state index is 0.497. The smallest absolute Gasteiger partial charge is 0.320 e. The molecule has 1 aromatic carbocycles. The molecule has 17 heavy (non-hydrogen) atoms. The van der Waals surface area contributed by atoms with Crippen LogP contribution in [0.5, 0.6) is 5.75 Å². The van der Waals surface area contributed by atoms with Crippen LogP contribution in [0.1, 0.15) is 12.5 Å². The summed E-state index contributed by atoms with van der Waals surface area (Å²) in [7, 11) is 0. The molecule has 0 spiro atoms. The topological polar surface area (TPSA) is 49.8 Å². The fraction of sp³-hybridized carbons (Fsp3) is 0.417. The predicted octanol–water partition coefficient (Wildman–Crippen LogP) is 2.12. The number of ether oxygens (including phenoxy) is 1. The lowest BCUT2D eigenvalue weighted by molar-refractivity contribution is -0.142. The van der Waals surface area contributed by atoms with E-state index in [9.17, 15) is 4.79 Å². The van der Waals surface area contributed by atoms with Crippen molar-refractivity contribution in [2.24, 2.45) is 0 Å². The average Bonchev–Trinajstić information content (AvgIpc) is 2.49. The largest absolute Gasteiger partial charge is 0.492 e. The van der Waals surface area contributed by atoms with Crippen LogP contribution in [0.15, 0.2) is 22.7 Å². The summed E-state index contributed by atoms with van der Waals surface area (Å²) < 4.78 is 6.58. The molecule has 1 aromatic rings. The van der Waals surface area contributed by atoms with Crippen molar-refractivity contribution in [2.75, 3.05) is 13.2 Å². The maximum absolute atomic E-state index is 11.0. The van der Waals surface area contributed by atoms with E-state index in [0.29, 0.717) is 19.7 Å². The number of nitrogens with zero attached hydrogens (tertiary/aromatic N) is 1. The Balaban J connectivity index is 2.24. The summed E-state index contributed by atoms with van der Waals surface area (Å²) >= 11 is 3.41. The highest BCUT2D eigenvalue weighted by Crippen LogP contribution is 2.27. The standard InChI is InChI=1S/C12H14BrNO3/c1-8(12(15)16)14-4-5-17-11-3-2-10(13)6-9(11)7-14/h2-3,6,8H,4-5,7H2,1H3,(H,15,16)/t8-/m0/s1. The Morgan fingerprint density at radius 3 is 3.06 bits per heavy atom. The fourth-order valence-electron chi connectivity index (χ4n) is 1.87. The molecule has 1 heterocycles. The Labute approximate surface area is 108 Å². The van der Waals surface area contributed by atoms with Crippen LogP contribution in [0.25, 0.3) is 0 Å². The number of carbonyl (C=O) groups is 1. The summed E-state index contributed by atoms with van der Waals surface area (Å²) in [5.74, 6) is 0.0386. The molecule has 2 rings (SSSR count). The van der Waals surface area contributed by atoms with Gasteiger partial charge in [-0.15, -0.1) is 0 Å². The van der Waals surface area contributed by atoms with Crippen molar-refractivity contribution in [1.82, 2.24) is 4.90 Å². The Morgan fingerprint density at radius 2 is 2.35 bits per heavy atom. The molecule has 0 amide bonds. The van der Waals surface area contributed by atoms with Crippen LogP contribution in [0.3, 0.4) is 0 Å². The first-order valence-corrected chi connectivity index (χ1v) is 6.25. The third-order valence-corrected chi connectivity index (χ3v) is 3.43. The lowest BCUT2D eigenvalue weighted by atomic mass is 10.1. The summed E-state index contributed by atoms with van der Waals surface area (Å²) in [6.45, 7) is 3.44. The molecular weight excluding hydrogens is 286 g/mol. The Bertz CT molecular complexity index is 436. The fourth-order valence-corrected chi connectivity index (χ4v) is 2.28. The number of aliphatic carboxylic acids is 1. The van der Waals surface area contributed by atoms with Gasteiger partial charge in [-0.05, 0) is 25.1 Å². The van der Waals surface area contributed by atoms with E-state index in [-0.39, 0.29) is 0 Å². The Morgan fingerprint density at radius 1 is 1.59 bits per heavy atom. The molecule has 5 heteroatoms. The van der Waals surface area contributed by atoms with E-state index in [1.54, 1.807) is 6.92 Å². The third-order valence-electron chi connectivity index (χ3n) is 2.94. The van der Waals surface area contributed by atoms with Crippen LogP contribution in [-0.4, -0.2) is 35.2 Å². The zero-order valence-electron chi connectivity index (χ0n) is 9.52. The van der Waals surface area contributed by atoms with Crippen LogP contribution in [0, 0.1) is 0 Å². The minimum atomic E-state index is -0.802. The number of hydrogen-bond acceptors (Lipinski definition) is 3. The van der Waals surface area contributed by atoms with E-state index < -0.39 is 12.0 Å². The van der Waals surface area contributed by atoms with Crippen molar-refractivity contribution in [3.8, 4) is 5.75 Å². The molecule has 0 fully saturated rings. The molecule has 0 unspecified atom stereocenters. The number of rotatable bonds is 2. The van der Waals surface area contributed by atoms with Crippen molar-refractivity contribution in [3.05, 3.63) is 28.2 Å². The Hall–Kier alpha value is -1.07. The first-order valence-electron chi connectivity index (χ1n) is 5.46. The van der Waals surface area contributed by atoms with E-state index in [1.165, 1.54) is 0 Å². The highest BCUT2D eigenvalue weighted by molar-refractivity contribution is 9.10. The number of hydrogen-bond donors (Lipinski definition) is 1. The highest BCUT2D eigenvalue weighted by atomic mass is 79.9. The first-order chi connectivity index (χ1) is 8.08. The molecule has 1 aliphatic heterocycles. The maximum atomic E-state index is 11.0. The van der Waals surface area contributed by atoms with Gasteiger partial charge in [0.05, 0.1) is 0 Å². The number of carboxylic acids is 1. The second kappa shape index (κ2) is 5.06. The van der Waals surface area contributed by atoms with Crippen LogP contribution in [0.2, 0.25) is 0 Å². The number of benzene rings is 1. The van der Waals surface area contributed by atoms with Gasteiger partial charge in [0.2, 0.25) is 0 Å². The summed E-state index contributed by atoms with van der Waals surface area (Å²) in [5, 5.41) is 9.04. The second-order valence-electron chi connectivity index (χ2n) is 4.09. The van der Waals surface area contributed by atoms with Gasteiger partial charge in [-0.25, -0.2) is 0 Å². The lowest BCUT2D eigenvalue weighted by Gasteiger charge is -2.23. The van der Waals surface area contributed by atoms with Crippen molar-refractivity contribution in [1.29, 1.82) is 0 Å². The van der Waals surface area contributed by atoms with Gasteiger partial charge in [-0.3, -0.25) is 9.69 Å². The Kier molecular flexibility index (Phi) is 3.69. The van der Waals surface area contributed by atoms with Crippen molar-refractivity contribution in [2.45, 2.75) is 19.5 Å². The van der Waals surface area contributed by atoms with Crippen LogP contribution in [-0.2, 0) is 11.3 Å². The molecule has 0 aliphatic carbocycles. The van der Waals surface area contributed by atoms with Gasteiger partial charge in [-0.1, -0.05) is 15.9 Å². The summed E-state index contributed by atoms with van der Waals surface area (Å²) in [6, 6.07) is 5.31. The maximum Gasteiger partial charge on any atom is 0.320 e. The molecule has 0 saturated heterocycles. The first kappa shape index (κ1) is 12.4. The lowest BCUT2D eigenvalue weighted by Crippen LogP contribution is -2.39. The zero-order chi connectivity index (χ0) is 12.4. The summed E-state index contributed by atoms with van der Waals surface area (Å²) in [5.41, 5.74) is 1.02. The van der Waals surface area contributed by atoms with Crippen LogP contribution < -0.4 is 4.74 Å². The summed E-state index contributed by atoms with van der Waals surface area (Å²) in [6.07, 6.45) is 0. The summed E-state index contributed by atoms with van der Waals surface area (Å²) in [4.78, 5) is 12.9. The quantitative estimate of drug-likeness (QED) is 0.909. The predicted molar refractivity (Wildman–Crippen MR) is 67.1 cm³/mol. The average molecular weight is 300 g/mol. The van der Waals surface area contributed by atoms with E-state index in [1.807, 2.05) is 23.1 Å². The van der Waals surface area contributed by atoms with Gasteiger partial charge in [0, 0.05) is 23.1 Å². The molecule has 0 radical (unpaired) electrons. The van der Waals surface area contributed by atoms with Gasteiger partial charge in [0.1, 0.15) is 18.4 Å². The molecule has 0 aromatic heterocycles. The van der Waals surface area contributed by atoms with Gasteiger partial charge in [-0.2, -0.15) is 0 Å². The van der Waals surface area contributed by atoms with E-state index in [2.05, 4.69) is 15.9 Å². The number of halogens is 1. The van der Waals surface area contributed by atoms with Crippen molar-refractivity contribution >= 4 is 21.9 Å². The molecule has 0 bridgehead atoms. The van der Waals surface area contributed by atoms with Crippen molar-refractivity contribution in [3.63, 3.8) is 0 Å². The molecule has 4 nitrogen and oxygen atoms in total. The van der Waals surface area contributed by atoms with E-state index in [0.717, 1.165) is 15.8 Å². The number of fused-ring (bicyclic) bond motifs is 1. The second-order valence-corrected chi connectivity index (χ2v) is 5.00. The SMILES string of the molecule is C[C@@H](C(=O)O)N1CCOc2ccc(Br)cc2C1. The molecule has 0 saturated carbocycles. The molecule has 1 aliphatic rings. The van der Waals surface area contributed by atoms with Gasteiger partial charge in [0.25, 0.3) is 0 Å². The minimum Gasteiger partial charge on any atom is -0.492 e. The van der Waals surface area contributed by atoms with Crippen LogP contribution in [0.4, 0.5) is 0 Å². The van der Waals surface area contributed by atoms with Gasteiger partial charge >= 0.3 is 5.97 Å². The van der Waals surface area contributed by atoms with Gasteiger partial charge < -0.3 is 9.84 Å². The third kappa shape index (κ3) is 2.79. The number of carboxylic acid groups (broad SMARTS) is 1. The highest BCUT2D eigenvalue weighted by Gasteiger charge is 2.24. The molecular formula is C12H14BrNO3. The van der Waals surface area contributed by atoms with E-state index in [4.69, 9.17) is 9.84 Å². The molecule has 92 valence electrons. The zero-order valence-corrected chi connectivity index (χ0v) is 11.1. The monoisotopic (exact) mass is 299 g/mol. The molecule has 1 atom stereocenters. The van der Waals surface area contributed by atoms with Crippen molar-refractivity contribution < 1.29 is 14.6 Å². The van der Waals surface area contributed by atoms with Crippen LogP contribution >= 0.6 is 15.9 Å². The normalized spacial score (nSPS) is 17.8. The van der Waals surface area contributed by atoms with Gasteiger partial charge in [0.15, 0.2) is 0 Å².